The number of aliphatic carboxylic acids is 1. The van der Waals surface area contributed by atoms with Crippen molar-refractivity contribution in [3.63, 3.8) is 0 Å². The molecular weight excluding hydrogens is 271 g/mol. The first-order chi connectivity index (χ1) is 8.66. The molecule has 0 radical (unpaired) electrons. The number of benzene rings is 1. The molecule has 102 valence electrons. The first kappa shape index (κ1) is 13.7. The fraction of sp³-hybridized carbons (Fsp3) is 0.308. The molecule has 6 heteroatoms. The topological polar surface area (TPSA) is 71.4 Å². The molecule has 0 fully saturated rings. The first-order valence-electron chi connectivity index (χ1n) is 5.64. The molecule has 1 aliphatic heterocycles. The second-order valence-corrected chi connectivity index (χ2v) is 7.10. The van der Waals surface area contributed by atoms with Gasteiger partial charge >= 0.3 is 5.97 Å². The summed E-state index contributed by atoms with van der Waals surface area (Å²) >= 11 is 0. The molecule has 0 aliphatic carbocycles. The Balaban J connectivity index is 2.50. The van der Waals surface area contributed by atoms with Crippen LogP contribution in [-0.2, 0) is 14.6 Å². The van der Waals surface area contributed by atoms with Crippen LogP contribution in [0.15, 0.2) is 28.0 Å². The van der Waals surface area contributed by atoms with Crippen LogP contribution in [0.2, 0.25) is 0 Å². The van der Waals surface area contributed by atoms with E-state index in [0.29, 0.717) is 0 Å². The maximum absolute atomic E-state index is 13.6. The van der Waals surface area contributed by atoms with Gasteiger partial charge in [-0.1, -0.05) is 6.07 Å². The predicted molar refractivity (Wildman–Crippen MR) is 67.6 cm³/mol. The number of halogens is 1. The van der Waals surface area contributed by atoms with Gasteiger partial charge in [-0.2, -0.15) is 0 Å². The summed E-state index contributed by atoms with van der Waals surface area (Å²) in [4.78, 5) is 10.9. The van der Waals surface area contributed by atoms with Gasteiger partial charge in [0.15, 0.2) is 0 Å². The molecule has 0 atom stereocenters. The van der Waals surface area contributed by atoms with E-state index in [0.717, 1.165) is 0 Å². The van der Waals surface area contributed by atoms with Crippen LogP contribution >= 0.6 is 0 Å². The van der Waals surface area contributed by atoms with E-state index >= 15 is 0 Å². The van der Waals surface area contributed by atoms with Gasteiger partial charge < -0.3 is 5.11 Å². The number of carboxylic acid groups (broad SMARTS) is 1. The number of rotatable bonds is 3. The molecule has 19 heavy (non-hydrogen) atoms. The van der Waals surface area contributed by atoms with Crippen molar-refractivity contribution in [2.24, 2.45) is 5.41 Å². The largest absolute Gasteiger partial charge is 0.481 e. The second-order valence-electron chi connectivity index (χ2n) is 5.13. The number of allylic oxidation sites excluding steroid dienone is 1. The number of carbonyl (C=O) groups is 1. The maximum atomic E-state index is 13.6. The molecule has 4 nitrogen and oxygen atoms in total. The summed E-state index contributed by atoms with van der Waals surface area (Å²) in [6, 6.07) is 3.83. The van der Waals surface area contributed by atoms with Gasteiger partial charge in [0.2, 0.25) is 9.84 Å². The molecule has 1 heterocycles. The van der Waals surface area contributed by atoms with Crippen LogP contribution in [0.3, 0.4) is 0 Å². The van der Waals surface area contributed by atoms with E-state index in [2.05, 4.69) is 0 Å². The Kier molecular flexibility index (Phi) is 3.01. The van der Waals surface area contributed by atoms with Crippen LogP contribution in [0.25, 0.3) is 6.08 Å². The molecule has 1 aromatic carbocycles. The maximum Gasteiger partial charge on any atom is 0.309 e. The minimum Gasteiger partial charge on any atom is -0.481 e. The van der Waals surface area contributed by atoms with Gasteiger partial charge in [0, 0.05) is 5.56 Å². The molecule has 1 N–H and O–H groups in total. The number of sulfone groups is 1. The highest BCUT2D eigenvalue weighted by Gasteiger charge is 2.37. The summed E-state index contributed by atoms with van der Waals surface area (Å²) < 4.78 is 38.0. The fourth-order valence-electron chi connectivity index (χ4n) is 1.93. The number of fused-ring (bicyclic) bond motifs is 1. The third-order valence-corrected chi connectivity index (χ3v) is 5.04. The standard InChI is InChI=1S/C13H13FO4S/c1-13(2,12(15)16)7-8-6-9-10(14)4-3-5-11(9)19(8,17)18/h3-6H,7H2,1-2H3,(H,15,16). The zero-order chi connectivity index (χ0) is 14.4. The Hall–Kier alpha value is -1.69. The van der Waals surface area contributed by atoms with Gasteiger partial charge in [-0.3, -0.25) is 4.79 Å². The lowest BCUT2D eigenvalue weighted by atomic mass is 9.89. The minimum absolute atomic E-state index is 0.0127. The van der Waals surface area contributed by atoms with Crippen molar-refractivity contribution >= 4 is 21.9 Å². The Morgan fingerprint density at radius 3 is 2.53 bits per heavy atom. The summed E-state index contributed by atoms with van der Waals surface area (Å²) in [5, 5.41) is 9.05. The Morgan fingerprint density at radius 1 is 1.37 bits per heavy atom. The Labute approximate surface area is 110 Å². The quantitative estimate of drug-likeness (QED) is 0.925. The van der Waals surface area contributed by atoms with Crippen LogP contribution < -0.4 is 0 Å². The van der Waals surface area contributed by atoms with Crippen LogP contribution in [0, 0.1) is 11.2 Å². The van der Waals surface area contributed by atoms with Crippen molar-refractivity contribution in [3.05, 3.63) is 34.5 Å². The number of hydrogen-bond acceptors (Lipinski definition) is 3. The molecule has 0 saturated carbocycles. The summed E-state index contributed by atoms with van der Waals surface area (Å²) in [6.07, 6.45) is 1.06. The Morgan fingerprint density at radius 2 is 2.00 bits per heavy atom. The van der Waals surface area contributed by atoms with E-state index in [9.17, 15) is 17.6 Å². The van der Waals surface area contributed by atoms with E-state index in [1.807, 2.05) is 0 Å². The van der Waals surface area contributed by atoms with Crippen LogP contribution in [0.1, 0.15) is 25.8 Å². The lowest BCUT2D eigenvalue weighted by Gasteiger charge is -2.19. The molecule has 0 bridgehead atoms. The van der Waals surface area contributed by atoms with Crippen molar-refractivity contribution in [2.75, 3.05) is 0 Å². The van der Waals surface area contributed by atoms with E-state index in [-0.39, 0.29) is 21.8 Å². The smallest absolute Gasteiger partial charge is 0.309 e. The minimum atomic E-state index is -3.78. The van der Waals surface area contributed by atoms with Crippen LogP contribution in [-0.4, -0.2) is 19.5 Å². The predicted octanol–water partition coefficient (Wildman–Crippen LogP) is 2.45. The molecule has 2 rings (SSSR count). The first-order valence-corrected chi connectivity index (χ1v) is 7.12. The molecule has 0 saturated heterocycles. The highest BCUT2D eigenvalue weighted by molar-refractivity contribution is 7.95. The third-order valence-electron chi connectivity index (χ3n) is 3.15. The van der Waals surface area contributed by atoms with Crippen molar-refractivity contribution < 1.29 is 22.7 Å². The van der Waals surface area contributed by atoms with Gasteiger partial charge in [0.25, 0.3) is 0 Å². The molecule has 1 aliphatic rings. The Bertz CT molecular complexity index is 687. The normalized spacial score (nSPS) is 16.9. The average molecular weight is 284 g/mol. The van der Waals surface area contributed by atoms with Crippen molar-refractivity contribution in [1.29, 1.82) is 0 Å². The molecule has 0 spiro atoms. The highest BCUT2D eigenvalue weighted by Crippen LogP contribution is 2.40. The van der Waals surface area contributed by atoms with Gasteiger partial charge in [0.1, 0.15) is 5.82 Å². The van der Waals surface area contributed by atoms with E-state index in [1.54, 1.807) is 0 Å². The van der Waals surface area contributed by atoms with Crippen molar-refractivity contribution in [2.45, 2.75) is 25.2 Å². The molecule has 0 amide bonds. The second kappa shape index (κ2) is 4.16. The number of carboxylic acids is 1. The van der Waals surface area contributed by atoms with E-state index in [1.165, 1.54) is 38.1 Å². The summed E-state index contributed by atoms with van der Waals surface area (Å²) in [5.74, 6) is -1.72. The van der Waals surface area contributed by atoms with Gasteiger partial charge in [-0.05, 0) is 38.5 Å². The van der Waals surface area contributed by atoms with Crippen molar-refractivity contribution in [1.82, 2.24) is 0 Å². The van der Waals surface area contributed by atoms with Crippen LogP contribution in [0.4, 0.5) is 4.39 Å². The summed E-state index contributed by atoms with van der Waals surface area (Å²) in [5.41, 5.74) is -1.21. The lowest BCUT2D eigenvalue weighted by molar-refractivity contribution is -0.146. The zero-order valence-corrected chi connectivity index (χ0v) is 11.3. The number of hydrogen-bond donors (Lipinski definition) is 1. The molecular formula is C13H13FO4S. The lowest BCUT2D eigenvalue weighted by Crippen LogP contribution is -2.25. The highest BCUT2D eigenvalue weighted by atomic mass is 32.2. The zero-order valence-electron chi connectivity index (χ0n) is 10.5. The van der Waals surface area contributed by atoms with Crippen LogP contribution in [0.5, 0.6) is 0 Å². The SMILES string of the molecule is CC(C)(CC1=Cc2c(F)cccc2S1(=O)=O)C(=O)O. The molecule has 0 unspecified atom stereocenters. The third kappa shape index (κ3) is 2.16. The fourth-order valence-corrected chi connectivity index (χ4v) is 3.74. The van der Waals surface area contributed by atoms with E-state index < -0.39 is 27.0 Å². The molecule has 1 aromatic rings. The molecule has 0 aromatic heterocycles. The van der Waals surface area contributed by atoms with Gasteiger partial charge in [-0.15, -0.1) is 0 Å². The van der Waals surface area contributed by atoms with E-state index in [4.69, 9.17) is 5.11 Å². The van der Waals surface area contributed by atoms with Crippen molar-refractivity contribution in [3.8, 4) is 0 Å². The summed E-state index contributed by atoms with van der Waals surface area (Å²) in [6.45, 7) is 2.87. The van der Waals surface area contributed by atoms with Gasteiger partial charge in [-0.25, -0.2) is 12.8 Å². The average Bonchev–Trinajstić information content (AvgIpc) is 2.53. The van der Waals surface area contributed by atoms with Gasteiger partial charge in [0.05, 0.1) is 15.2 Å². The monoisotopic (exact) mass is 284 g/mol. The summed E-state index contributed by atoms with van der Waals surface area (Å²) in [7, 11) is -3.78.